The van der Waals surface area contributed by atoms with Gasteiger partial charge in [-0.1, -0.05) is 24.3 Å². The summed E-state index contributed by atoms with van der Waals surface area (Å²) in [5.74, 6) is 0.598. The van der Waals surface area contributed by atoms with Gasteiger partial charge in [-0.3, -0.25) is 4.72 Å². The maximum absolute atomic E-state index is 12.7. The summed E-state index contributed by atoms with van der Waals surface area (Å²) in [5, 5.41) is 9.66. The highest BCUT2D eigenvalue weighted by molar-refractivity contribution is 7.92. The van der Waals surface area contributed by atoms with Crippen molar-refractivity contribution in [1.29, 1.82) is 0 Å². The van der Waals surface area contributed by atoms with Gasteiger partial charge in [0.05, 0.1) is 23.0 Å². The van der Waals surface area contributed by atoms with E-state index < -0.39 is 10.0 Å². The Kier molecular flexibility index (Phi) is 4.40. The van der Waals surface area contributed by atoms with Crippen LogP contribution in [0.4, 0.5) is 5.69 Å². The Labute approximate surface area is 161 Å². The van der Waals surface area contributed by atoms with E-state index in [9.17, 15) is 13.5 Å². The minimum absolute atomic E-state index is 0.0173. The number of phenols is 1. The molecular weight excluding hydrogens is 378 g/mol. The van der Waals surface area contributed by atoms with E-state index in [0.29, 0.717) is 11.5 Å². The summed E-state index contributed by atoms with van der Waals surface area (Å²) in [7, 11) is -2.50. The molecule has 28 heavy (non-hydrogen) atoms. The van der Waals surface area contributed by atoms with Crippen LogP contribution < -0.4 is 9.46 Å². The number of rotatable bonds is 5. The Hall–Kier alpha value is -3.52. The van der Waals surface area contributed by atoms with Gasteiger partial charge in [0.25, 0.3) is 10.0 Å². The number of nitrogens with zero attached hydrogens (tertiary/aromatic N) is 1. The van der Waals surface area contributed by atoms with Crippen LogP contribution in [0.5, 0.6) is 11.5 Å². The summed E-state index contributed by atoms with van der Waals surface area (Å²) in [6.07, 6.45) is 0. The number of nitrogens with one attached hydrogen (secondary N) is 2. The summed E-state index contributed by atoms with van der Waals surface area (Å²) in [6, 6.07) is 18.5. The lowest BCUT2D eigenvalue weighted by atomic mass is 10.2. The smallest absolute Gasteiger partial charge is 0.262 e. The fraction of sp³-hybridized carbons (Fsp3) is 0.0500. The molecule has 0 aliphatic carbocycles. The first kappa shape index (κ1) is 17.9. The molecule has 0 radical (unpaired) electrons. The van der Waals surface area contributed by atoms with Crippen LogP contribution in [0.25, 0.3) is 22.4 Å². The molecule has 8 heteroatoms. The number of imidazole rings is 1. The van der Waals surface area contributed by atoms with Crippen LogP contribution in [0.2, 0.25) is 0 Å². The first-order chi connectivity index (χ1) is 13.5. The number of para-hydroxylation sites is 2. The number of hydrogen-bond acceptors (Lipinski definition) is 5. The van der Waals surface area contributed by atoms with Crippen molar-refractivity contribution < 1.29 is 18.3 Å². The molecule has 1 aromatic heterocycles. The number of sulfonamides is 1. The molecular formula is C20H17N3O4S. The predicted molar refractivity (Wildman–Crippen MR) is 107 cm³/mol. The number of fused-ring (bicyclic) bond motifs is 1. The van der Waals surface area contributed by atoms with Gasteiger partial charge in [-0.15, -0.1) is 0 Å². The van der Waals surface area contributed by atoms with Gasteiger partial charge in [0, 0.05) is 17.3 Å². The third-order valence-corrected chi connectivity index (χ3v) is 5.62. The van der Waals surface area contributed by atoms with Crippen molar-refractivity contribution in [1.82, 2.24) is 9.97 Å². The number of phenolic OH excluding ortho intramolecular Hbond substituents is 1. The molecule has 0 aliphatic heterocycles. The SMILES string of the molecule is COc1cc(S(=O)(=O)Nc2cccc(-c3nc4ccccc4[nH]3)c2)ccc1O. The third kappa shape index (κ3) is 3.37. The van der Waals surface area contributed by atoms with Gasteiger partial charge in [-0.25, -0.2) is 13.4 Å². The van der Waals surface area contributed by atoms with Crippen molar-refractivity contribution in [3.63, 3.8) is 0 Å². The standard InChI is InChI=1S/C20H17N3O4S/c1-27-19-12-15(9-10-18(19)24)28(25,26)23-14-6-4-5-13(11-14)20-21-16-7-2-3-8-17(16)22-20/h2-12,23-24H,1H3,(H,21,22). The fourth-order valence-electron chi connectivity index (χ4n) is 2.86. The van der Waals surface area contributed by atoms with Crippen molar-refractivity contribution in [2.24, 2.45) is 0 Å². The first-order valence-electron chi connectivity index (χ1n) is 8.41. The molecule has 0 fully saturated rings. The number of aromatic nitrogens is 2. The highest BCUT2D eigenvalue weighted by Crippen LogP contribution is 2.30. The Morgan fingerprint density at radius 1 is 1.04 bits per heavy atom. The molecule has 4 rings (SSSR count). The van der Waals surface area contributed by atoms with E-state index in [4.69, 9.17) is 4.74 Å². The van der Waals surface area contributed by atoms with Crippen LogP contribution in [0.15, 0.2) is 71.6 Å². The minimum Gasteiger partial charge on any atom is -0.504 e. The zero-order valence-corrected chi connectivity index (χ0v) is 15.7. The summed E-state index contributed by atoms with van der Waals surface area (Å²) < 4.78 is 32.9. The quantitative estimate of drug-likeness (QED) is 0.477. The molecule has 0 saturated carbocycles. The Balaban J connectivity index is 1.66. The van der Waals surface area contributed by atoms with Crippen LogP contribution >= 0.6 is 0 Å². The molecule has 142 valence electrons. The Bertz CT molecular complexity index is 1230. The lowest BCUT2D eigenvalue weighted by Crippen LogP contribution is -2.13. The number of benzene rings is 3. The molecule has 0 aliphatic rings. The predicted octanol–water partition coefficient (Wildman–Crippen LogP) is 3.74. The number of aromatic hydroxyl groups is 1. The summed E-state index contributed by atoms with van der Waals surface area (Å²) in [4.78, 5) is 7.74. The zero-order valence-electron chi connectivity index (χ0n) is 14.9. The number of hydrogen-bond donors (Lipinski definition) is 3. The highest BCUT2D eigenvalue weighted by atomic mass is 32.2. The maximum Gasteiger partial charge on any atom is 0.262 e. The molecule has 4 aromatic rings. The average Bonchev–Trinajstić information content (AvgIpc) is 3.12. The largest absolute Gasteiger partial charge is 0.504 e. The Morgan fingerprint density at radius 3 is 2.64 bits per heavy atom. The van der Waals surface area contributed by atoms with E-state index in [1.807, 2.05) is 30.3 Å². The topological polar surface area (TPSA) is 104 Å². The molecule has 3 N–H and O–H groups in total. The molecule has 0 atom stereocenters. The van der Waals surface area contributed by atoms with E-state index in [1.165, 1.54) is 25.3 Å². The van der Waals surface area contributed by atoms with E-state index in [2.05, 4.69) is 14.7 Å². The molecule has 0 saturated heterocycles. The summed E-state index contributed by atoms with van der Waals surface area (Å²) in [5.41, 5.74) is 2.88. The van der Waals surface area contributed by atoms with E-state index in [-0.39, 0.29) is 16.4 Å². The van der Waals surface area contributed by atoms with Crippen molar-refractivity contribution in [2.75, 3.05) is 11.8 Å². The van der Waals surface area contributed by atoms with Crippen molar-refractivity contribution in [2.45, 2.75) is 4.90 Å². The fourth-order valence-corrected chi connectivity index (χ4v) is 3.92. The van der Waals surface area contributed by atoms with E-state index in [0.717, 1.165) is 16.6 Å². The highest BCUT2D eigenvalue weighted by Gasteiger charge is 2.17. The number of aromatic amines is 1. The molecule has 3 aromatic carbocycles. The minimum atomic E-state index is -3.86. The van der Waals surface area contributed by atoms with Gasteiger partial charge in [0.2, 0.25) is 0 Å². The monoisotopic (exact) mass is 395 g/mol. The second-order valence-corrected chi connectivity index (χ2v) is 7.80. The number of H-pyrrole nitrogens is 1. The molecule has 7 nitrogen and oxygen atoms in total. The summed E-state index contributed by atoms with van der Waals surface area (Å²) in [6.45, 7) is 0. The van der Waals surface area contributed by atoms with Gasteiger partial charge >= 0.3 is 0 Å². The van der Waals surface area contributed by atoms with Gasteiger partial charge < -0.3 is 14.8 Å². The van der Waals surface area contributed by atoms with Crippen LogP contribution in [-0.4, -0.2) is 30.6 Å². The number of methoxy groups -OCH3 is 1. The van der Waals surface area contributed by atoms with Crippen molar-refractivity contribution >= 4 is 26.7 Å². The van der Waals surface area contributed by atoms with Gasteiger partial charge in [0.15, 0.2) is 11.5 Å². The number of anilines is 1. The maximum atomic E-state index is 12.7. The van der Waals surface area contributed by atoms with Crippen molar-refractivity contribution in [3.05, 3.63) is 66.7 Å². The lowest BCUT2D eigenvalue weighted by Gasteiger charge is -2.11. The second-order valence-electron chi connectivity index (χ2n) is 6.12. The van der Waals surface area contributed by atoms with Crippen LogP contribution in [0.1, 0.15) is 0 Å². The van der Waals surface area contributed by atoms with Crippen molar-refractivity contribution in [3.8, 4) is 22.9 Å². The Morgan fingerprint density at radius 2 is 1.86 bits per heavy atom. The van der Waals surface area contributed by atoms with E-state index >= 15 is 0 Å². The number of ether oxygens (including phenoxy) is 1. The average molecular weight is 395 g/mol. The summed E-state index contributed by atoms with van der Waals surface area (Å²) >= 11 is 0. The van der Waals surface area contributed by atoms with Crippen LogP contribution in [-0.2, 0) is 10.0 Å². The first-order valence-corrected chi connectivity index (χ1v) is 9.89. The molecule has 0 spiro atoms. The third-order valence-electron chi connectivity index (χ3n) is 4.24. The molecule has 0 amide bonds. The normalized spacial score (nSPS) is 11.5. The molecule has 0 bridgehead atoms. The van der Waals surface area contributed by atoms with Crippen LogP contribution in [0, 0.1) is 0 Å². The van der Waals surface area contributed by atoms with Gasteiger partial charge in [-0.05, 0) is 36.4 Å². The lowest BCUT2D eigenvalue weighted by molar-refractivity contribution is 0.372. The van der Waals surface area contributed by atoms with Crippen LogP contribution in [0.3, 0.4) is 0 Å². The van der Waals surface area contributed by atoms with Gasteiger partial charge in [0.1, 0.15) is 5.82 Å². The molecule has 1 heterocycles. The second kappa shape index (κ2) is 6.90. The van der Waals surface area contributed by atoms with Gasteiger partial charge in [-0.2, -0.15) is 0 Å². The van der Waals surface area contributed by atoms with E-state index in [1.54, 1.807) is 18.2 Å². The zero-order chi connectivity index (χ0) is 19.7. The molecule has 0 unspecified atom stereocenters.